The number of hydrogen-bond donors (Lipinski definition) is 0. The molecule has 0 aromatic heterocycles. The molecule has 0 rings (SSSR count). The summed E-state index contributed by atoms with van der Waals surface area (Å²) in [6.07, 6.45) is 0. The van der Waals surface area contributed by atoms with Gasteiger partial charge in [-0.05, 0) is 0 Å². The molecule has 0 unspecified atom stereocenters. The lowest BCUT2D eigenvalue weighted by atomic mass is 10.5. The van der Waals surface area contributed by atoms with Crippen LogP contribution in [0.25, 0.3) is 0 Å². The van der Waals surface area contributed by atoms with Crippen LogP contribution in [0.5, 0.6) is 0 Å². The Bertz CT molecular complexity index is 186. The summed E-state index contributed by atoms with van der Waals surface area (Å²) in [7, 11) is -1.20. The molecule has 0 aromatic rings. The molecule has 0 heterocycles. The number of alkyl halides is 1. The Morgan fingerprint density at radius 1 is 1.42 bits per heavy atom. The van der Waals surface area contributed by atoms with E-state index in [0.717, 1.165) is 14.2 Å². The highest BCUT2D eigenvalue weighted by molar-refractivity contribution is 7.48. The molecule has 0 saturated carbocycles. The van der Waals surface area contributed by atoms with Crippen LogP contribution < -0.4 is 0 Å². The van der Waals surface area contributed by atoms with Crippen molar-refractivity contribution in [3.05, 3.63) is 0 Å². The fourth-order valence-corrected chi connectivity index (χ4v) is 1.11. The van der Waals surface area contributed by atoms with Crippen molar-refractivity contribution in [2.24, 2.45) is 0 Å². The molecular weight excluding hydrogens is 206 g/mol. The second-order valence-corrected chi connectivity index (χ2v) is 3.91. The predicted octanol–water partition coefficient (Wildman–Crippen LogP) is 1.21. The van der Waals surface area contributed by atoms with Gasteiger partial charge in [-0.15, -0.1) is 11.6 Å². The van der Waals surface area contributed by atoms with Gasteiger partial charge in [-0.1, -0.05) is 0 Å². The second-order valence-electron chi connectivity index (χ2n) is 1.76. The summed E-state index contributed by atoms with van der Waals surface area (Å²) >= 11 is 5.17. The molecular formula is C5H10ClO5P. The zero-order valence-electron chi connectivity index (χ0n) is 6.78. The van der Waals surface area contributed by atoms with Crippen molar-refractivity contribution in [1.29, 1.82) is 0 Å². The van der Waals surface area contributed by atoms with Crippen molar-refractivity contribution in [2.45, 2.75) is 0 Å². The van der Waals surface area contributed by atoms with E-state index >= 15 is 0 Å². The lowest BCUT2D eigenvalue weighted by Gasteiger charge is -2.11. The van der Waals surface area contributed by atoms with Crippen molar-refractivity contribution in [1.82, 2.24) is 0 Å². The first-order valence-electron chi connectivity index (χ1n) is 3.01. The third-order valence-corrected chi connectivity index (χ3v) is 2.62. The van der Waals surface area contributed by atoms with Crippen LogP contribution in [-0.4, -0.2) is 32.5 Å². The van der Waals surface area contributed by atoms with Crippen molar-refractivity contribution in [3.63, 3.8) is 0 Å². The minimum absolute atomic E-state index is 0.187. The van der Waals surface area contributed by atoms with Crippen LogP contribution in [0.3, 0.4) is 0 Å². The molecule has 7 heteroatoms. The van der Waals surface area contributed by atoms with Gasteiger partial charge >= 0.3 is 7.82 Å². The number of Topliss-reactive ketones (excluding diaryl/α,β-unsaturated/α-hetero) is 1. The average molecular weight is 217 g/mol. The molecule has 0 aliphatic carbocycles. The first-order valence-corrected chi connectivity index (χ1v) is 5.01. The maximum Gasteiger partial charge on any atom is 0.474 e. The summed E-state index contributed by atoms with van der Waals surface area (Å²) in [5.74, 6) is -0.570. The quantitative estimate of drug-likeness (QED) is 0.493. The van der Waals surface area contributed by atoms with E-state index in [9.17, 15) is 9.36 Å². The smallest absolute Gasteiger partial charge is 0.296 e. The molecule has 0 amide bonds. The van der Waals surface area contributed by atoms with Crippen LogP contribution in [-0.2, 0) is 22.9 Å². The molecule has 0 atom stereocenters. The van der Waals surface area contributed by atoms with Gasteiger partial charge in [-0.25, -0.2) is 4.57 Å². The molecule has 0 saturated heterocycles. The number of phosphoric ester groups is 1. The van der Waals surface area contributed by atoms with Crippen molar-refractivity contribution in [3.8, 4) is 0 Å². The summed E-state index contributed by atoms with van der Waals surface area (Å²) < 4.78 is 24.5. The fourth-order valence-electron chi connectivity index (χ4n) is 0.370. The van der Waals surface area contributed by atoms with Crippen molar-refractivity contribution >= 4 is 25.2 Å². The SMILES string of the molecule is COP(=O)(OC)OCC(=O)CCl. The van der Waals surface area contributed by atoms with E-state index in [1.807, 2.05) is 0 Å². The standard InChI is InChI=1S/C5H10ClO5P/c1-9-12(8,10-2)11-4-5(7)3-6/h3-4H2,1-2H3. The van der Waals surface area contributed by atoms with Crippen molar-refractivity contribution in [2.75, 3.05) is 26.7 Å². The van der Waals surface area contributed by atoms with Gasteiger partial charge in [0.1, 0.15) is 6.61 Å². The van der Waals surface area contributed by atoms with Crippen LogP contribution in [0.2, 0.25) is 0 Å². The van der Waals surface area contributed by atoms with Gasteiger partial charge in [0.15, 0.2) is 5.78 Å². The number of rotatable bonds is 6. The first-order chi connectivity index (χ1) is 5.58. The maximum absolute atomic E-state index is 11.1. The minimum atomic E-state index is -3.53. The van der Waals surface area contributed by atoms with E-state index in [1.165, 1.54) is 0 Å². The van der Waals surface area contributed by atoms with Crippen LogP contribution in [0.4, 0.5) is 0 Å². The van der Waals surface area contributed by atoms with Gasteiger partial charge in [-0.2, -0.15) is 0 Å². The molecule has 0 radical (unpaired) electrons. The van der Waals surface area contributed by atoms with Gasteiger partial charge in [0, 0.05) is 14.2 Å². The second kappa shape index (κ2) is 5.67. The van der Waals surface area contributed by atoms with E-state index in [4.69, 9.17) is 11.6 Å². The van der Waals surface area contributed by atoms with Gasteiger partial charge in [-0.3, -0.25) is 18.4 Å². The number of halogens is 1. The molecule has 5 nitrogen and oxygen atoms in total. The Labute approximate surface area is 75.6 Å². The van der Waals surface area contributed by atoms with Crippen LogP contribution in [0.15, 0.2) is 0 Å². The Hall–Kier alpha value is 0.0700. The van der Waals surface area contributed by atoms with Gasteiger partial charge in [0.25, 0.3) is 0 Å². The molecule has 72 valence electrons. The van der Waals surface area contributed by atoms with Crippen molar-refractivity contribution < 1.29 is 22.9 Å². The normalized spacial score (nSPS) is 11.6. The molecule has 12 heavy (non-hydrogen) atoms. The zero-order chi connectivity index (χ0) is 9.61. The number of carbonyl (C=O) groups is 1. The maximum atomic E-state index is 11.1. The topological polar surface area (TPSA) is 61.8 Å². The lowest BCUT2D eigenvalue weighted by Crippen LogP contribution is -2.09. The van der Waals surface area contributed by atoms with Gasteiger partial charge < -0.3 is 0 Å². The van der Waals surface area contributed by atoms with Gasteiger partial charge in [0.2, 0.25) is 0 Å². The summed E-state index contributed by atoms with van der Waals surface area (Å²) in [6.45, 7) is -0.373. The summed E-state index contributed by atoms with van der Waals surface area (Å²) in [5, 5.41) is 0. The largest absolute Gasteiger partial charge is 0.474 e. The number of carbonyl (C=O) groups excluding carboxylic acids is 1. The van der Waals surface area contributed by atoms with E-state index in [1.54, 1.807) is 0 Å². The highest BCUT2D eigenvalue weighted by Gasteiger charge is 2.23. The monoisotopic (exact) mass is 216 g/mol. The summed E-state index contributed by atoms with van der Waals surface area (Å²) in [5.41, 5.74) is 0. The first kappa shape index (κ1) is 12.1. The van der Waals surface area contributed by atoms with E-state index in [2.05, 4.69) is 13.6 Å². The molecule has 0 fully saturated rings. The number of hydrogen-bond acceptors (Lipinski definition) is 5. The van der Waals surface area contributed by atoms with Crippen LogP contribution >= 0.6 is 19.4 Å². The molecule has 0 spiro atoms. The average Bonchev–Trinajstić information content (AvgIpc) is 2.13. The predicted molar refractivity (Wildman–Crippen MR) is 43.3 cm³/mol. The third kappa shape index (κ3) is 4.18. The zero-order valence-corrected chi connectivity index (χ0v) is 8.43. The Morgan fingerprint density at radius 3 is 2.25 bits per heavy atom. The van der Waals surface area contributed by atoms with Crippen LogP contribution in [0, 0.1) is 0 Å². The third-order valence-electron chi connectivity index (χ3n) is 0.980. The summed E-state index contributed by atoms with van der Waals surface area (Å²) in [4.78, 5) is 10.6. The highest BCUT2D eigenvalue weighted by atomic mass is 35.5. The fraction of sp³-hybridized carbons (Fsp3) is 0.800. The number of phosphoric acid groups is 1. The van der Waals surface area contributed by atoms with E-state index in [0.29, 0.717) is 0 Å². The highest BCUT2D eigenvalue weighted by Crippen LogP contribution is 2.47. The molecule has 0 N–H and O–H groups in total. The summed E-state index contributed by atoms with van der Waals surface area (Å²) in [6, 6.07) is 0. The Morgan fingerprint density at radius 2 is 1.92 bits per heavy atom. The van der Waals surface area contributed by atoms with Gasteiger partial charge in [0.05, 0.1) is 5.88 Å². The number of ketones is 1. The minimum Gasteiger partial charge on any atom is -0.296 e. The molecule has 0 aromatic carbocycles. The van der Waals surface area contributed by atoms with E-state index in [-0.39, 0.29) is 18.3 Å². The Balaban J connectivity index is 3.89. The molecule has 0 aliphatic rings. The lowest BCUT2D eigenvalue weighted by molar-refractivity contribution is -0.119. The molecule has 0 aliphatic heterocycles. The Kier molecular flexibility index (Phi) is 5.70. The molecule has 0 bridgehead atoms. The van der Waals surface area contributed by atoms with Crippen LogP contribution in [0.1, 0.15) is 0 Å². The van der Waals surface area contributed by atoms with E-state index < -0.39 is 7.82 Å².